The van der Waals surface area contributed by atoms with Crippen molar-refractivity contribution in [1.82, 2.24) is 10.2 Å². The molecular formula is C14H20N2O4. The zero-order chi connectivity index (χ0) is 14.4. The highest BCUT2D eigenvalue weighted by atomic mass is 16.4. The predicted octanol–water partition coefficient (Wildman–Crippen LogP) is 2.45. The summed E-state index contributed by atoms with van der Waals surface area (Å²) < 4.78 is 5.09. The monoisotopic (exact) mass is 280 g/mol. The molecule has 0 spiro atoms. The maximum Gasteiger partial charge on any atom is 0.371 e. The van der Waals surface area contributed by atoms with Gasteiger partial charge in [0.15, 0.2) is 0 Å². The van der Waals surface area contributed by atoms with Crippen LogP contribution in [0.2, 0.25) is 0 Å². The summed E-state index contributed by atoms with van der Waals surface area (Å²) in [6.07, 6.45) is 5.67. The highest BCUT2D eigenvalue weighted by molar-refractivity contribution is 5.84. The Balaban J connectivity index is 1.82. The number of urea groups is 1. The molecule has 20 heavy (non-hydrogen) atoms. The maximum atomic E-state index is 12.0. The maximum absolute atomic E-state index is 12.0. The Hall–Kier alpha value is -1.98. The van der Waals surface area contributed by atoms with Gasteiger partial charge >= 0.3 is 12.0 Å². The number of carboxylic acids is 1. The highest BCUT2D eigenvalue weighted by Gasteiger charge is 2.15. The quantitative estimate of drug-likeness (QED) is 0.891. The van der Waals surface area contributed by atoms with Crippen LogP contribution in [-0.2, 0) is 6.54 Å². The molecule has 1 aliphatic heterocycles. The van der Waals surface area contributed by atoms with Gasteiger partial charge in [-0.3, -0.25) is 0 Å². The molecule has 1 aliphatic rings. The molecule has 1 fully saturated rings. The molecule has 1 aromatic heterocycles. The van der Waals surface area contributed by atoms with Crippen molar-refractivity contribution in [3.05, 3.63) is 23.7 Å². The van der Waals surface area contributed by atoms with Crippen LogP contribution < -0.4 is 5.32 Å². The van der Waals surface area contributed by atoms with Gasteiger partial charge in [-0.05, 0) is 25.0 Å². The molecule has 0 bridgehead atoms. The minimum absolute atomic E-state index is 0.111. The summed E-state index contributed by atoms with van der Waals surface area (Å²) in [5.41, 5.74) is 0. The van der Waals surface area contributed by atoms with Crippen LogP contribution in [0.1, 0.15) is 48.4 Å². The minimum atomic E-state index is -1.11. The predicted molar refractivity (Wildman–Crippen MR) is 72.6 cm³/mol. The van der Waals surface area contributed by atoms with E-state index in [2.05, 4.69) is 5.32 Å². The molecule has 110 valence electrons. The van der Waals surface area contributed by atoms with Crippen molar-refractivity contribution in [3.8, 4) is 0 Å². The van der Waals surface area contributed by atoms with Crippen molar-refractivity contribution in [2.24, 2.45) is 0 Å². The average molecular weight is 280 g/mol. The number of likely N-dealkylation sites (tertiary alicyclic amines) is 1. The minimum Gasteiger partial charge on any atom is -0.475 e. The van der Waals surface area contributed by atoms with E-state index in [1.165, 1.54) is 25.3 Å². The fraction of sp³-hybridized carbons (Fsp3) is 0.571. The molecule has 0 atom stereocenters. The first-order valence-corrected chi connectivity index (χ1v) is 7.01. The lowest BCUT2D eigenvalue weighted by Gasteiger charge is -2.24. The molecule has 0 aromatic carbocycles. The molecule has 0 radical (unpaired) electrons. The lowest BCUT2D eigenvalue weighted by molar-refractivity contribution is 0.0660. The summed E-state index contributed by atoms with van der Waals surface area (Å²) in [5, 5.41) is 11.5. The van der Waals surface area contributed by atoms with Gasteiger partial charge in [0.2, 0.25) is 5.76 Å². The number of carboxylic acid groups (broad SMARTS) is 1. The number of nitrogens with one attached hydrogen (secondary N) is 1. The summed E-state index contributed by atoms with van der Waals surface area (Å²) in [5.74, 6) is -0.769. The van der Waals surface area contributed by atoms with E-state index in [9.17, 15) is 9.59 Å². The third kappa shape index (κ3) is 4.01. The lowest BCUT2D eigenvalue weighted by atomic mass is 10.1. The van der Waals surface area contributed by atoms with E-state index in [0.29, 0.717) is 5.76 Å². The van der Waals surface area contributed by atoms with Crippen molar-refractivity contribution in [2.75, 3.05) is 13.1 Å². The van der Waals surface area contributed by atoms with Crippen LogP contribution in [0.4, 0.5) is 4.79 Å². The van der Waals surface area contributed by atoms with Crippen molar-refractivity contribution >= 4 is 12.0 Å². The van der Waals surface area contributed by atoms with Crippen molar-refractivity contribution < 1.29 is 19.1 Å². The second kappa shape index (κ2) is 6.98. The number of hydrogen-bond acceptors (Lipinski definition) is 3. The van der Waals surface area contributed by atoms with Crippen LogP contribution in [0.15, 0.2) is 16.5 Å². The van der Waals surface area contributed by atoms with E-state index in [4.69, 9.17) is 9.52 Å². The number of carbonyl (C=O) groups excluding carboxylic acids is 1. The number of amides is 2. The smallest absolute Gasteiger partial charge is 0.371 e. The van der Waals surface area contributed by atoms with Gasteiger partial charge in [0.05, 0.1) is 6.54 Å². The molecule has 6 heteroatoms. The van der Waals surface area contributed by atoms with Gasteiger partial charge in [0.25, 0.3) is 0 Å². The summed E-state index contributed by atoms with van der Waals surface area (Å²) in [6, 6.07) is 2.84. The van der Waals surface area contributed by atoms with E-state index in [1.54, 1.807) is 6.07 Å². The molecule has 0 unspecified atom stereocenters. The van der Waals surface area contributed by atoms with E-state index < -0.39 is 5.97 Å². The second-order valence-corrected chi connectivity index (χ2v) is 4.98. The number of rotatable bonds is 3. The molecule has 2 rings (SSSR count). The number of furan rings is 1. The van der Waals surface area contributed by atoms with Crippen LogP contribution in [0, 0.1) is 0 Å². The Morgan fingerprint density at radius 3 is 2.40 bits per heavy atom. The first-order chi connectivity index (χ1) is 9.66. The van der Waals surface area contributed by atoms with Crippen LogP contribution in [0.5, 0.6) is 0 Å². The number of carbonyl (C=O) groups is 2. The van der Waals surface area contributed by atoms with Gasteiger partial charge in [0, 0.05) is 13.1 Å². The van der Waals surface area contributed by atoms with Gasteiger partial charge in [-0.25, -0.2) is 9.59 Å². The molecule has 1 aromatic rings. The third-order valence-corrected chi connectivity index (χ3v) is 3.43. The number of hydrogen-bond donors (Lipinski definition) is 2. The lowest BCUT2D eigenvalue weighted by Crippen LogP contribution is -2.41. The Bertz CT molecular complexity index is 461. The number of aromatic carboxylic acids is 1. The molecule has 0 saturated carbocycles. The summed E-state index contributed by atoms with van der Waals surface area (Å²) in [6.45, 7) is 1.78. The molecular weight excluding hydrogens is 260 g/mol. The van der Waals surface area contributed by atoms with Crippen LogP contribution in [-0.4, -0.2) is 35.1 Å². The van der Waals surface area contributed by atoms with Gasteiger partial charge in [0.1, 0.15) is 5.76 Å². The summed E-state index contributed by atoms with van der Waals surface area (Å²) in [4.78, 5) is 24.5. The van der Waals surface area contributed by atoms with E-state index >= 15 is 0 Å². The summed E-state index contributed by atoms with van der Waals surface area (Å²) >= 11 is 0. The van der Waals surface area contributed by atoms with Crippen LogP contribution >= 0.6 is 0 Å². The zero-order valence-corrected chi connectivity index (χ0v) is 11.4. The molecule has 0 aliphatic carbocycles. The Kier molecular flexibility index (Phi) is 5.03. The Morgan fingerprint density at radius 1 is 1.15 bits per heavy atom. The van der Waals surface area contributed by atoms with Crippen molar-refractivity contribution in [3.63, 3.8) is 0 Å². The van der Waals surface area contributed by atoms with Crippen molar-refractivity contribution in [1.29, 1.82) is 0 Å². The van der Waals surface area contributed by atoms with Gasteiger partial charge < -0.3 is 19.7 Å². The highest BCUT2D eigenvalue weighted by Crippen LogP contribution is 2.11. The Labute approximate surface area is 117 Å². The fourth-order valence-corrected chi connectivity index (χ4v) is 2.31. The van der Waals surface area contributed by atoms with E-state index in [0.717, 1.165) is 25.9 Å². The van der Waals surface area contributed by atoms with E-state index in [-0.39, 0.29) is 18.3 Å². The largest absolute Gasteiger partial charge is 0.475 e. The molecule has 2 N–H and O–H groups in total. The SMILES string of the molecule is O=C(O)c1ccc(CNC(=O)N2CCCCCCC2)o1. The average Bonchev–Trinajstić information content (AvgIpc) is 2.84. The first kappa shape index (κ1) is 14.4. The Morgan fingerprint density at radius 2 is 1.80 bits per heavy atom. The topological polar surface area (TPSA) is 82.8 Å². The molecule has 2 amide bonds. The van der Waals surface area contributed by atoms with Gasteiger partial charge in [-0.2, -0.15) is 0 Å². The summed E-state index contributed by atoms with van der Waals surface area (Å²) in [7, 11) is 0. The fourth-order valence-electron chi connectivity index (χ4n) is 2.31. The molecule has 6 nitrogen and oxygen atoms in total. The van der Waals surface area contributed by atoms with E-state index in [1.807, 2.05) is 4.90 Å². The zero-order valence-electron chi connectivity index (χ0n) is 11.4. The number of nitrogens with zero attached hydrogens (tertiary/aromatic N) is 1. The normalized spacial score (nSPS) is 16.3. The standard InChI is InChI=1S/C14H20N2O4/c17-13(18)12-7-6-11(20-12)10-15-14(19)16-8-4-2-1-3-5-9-16/h6-7H,1-5,8-10H2,(H,15,19)(H,17,18). The van der Waals surface area contributed by atoms with Crippen LogP contribution in [0.25, 0.3) is 0 Å². The first-order valence-electron chi connectivity index (χ1n) is 7.01. The molecule has 1 saturated heterocycles. The second-order valence-electron chi connectivity index (χ2n) is 4.98. The third-order valence-electron chi connectivity index (χ3n) is 3.43. The van der Waals surface area contributed by atoms with Gasteiger partial charge in [-0.1, -0.05) is 19.3 Å². The van der Waals surface area contributed by atoms with Crippen molar-refractivity contribution in [2.45, 2.75) is 38.6 Å². The molecule has 2 heterocycles. The van der Waals surface area contributed by atoms with Crippen LogP contribution in [0.3, 0.4) is 0 Å². The van der Waals surface area contributed by atoms with Gasteiger partial charge in [-0.15, -0.1) is 0 Å².